The summed E-state index contributed by atoms with van der Waals surface area (Å²) >= 11 is 15.1. The van der Waals surface area contributed by atoms with Gasteiger partial charge in [-0.05, 0) is 32.0 Å². The van der Waals surface area contributed by atoms with Gasteiger partial charge in [0.15, 0.2) is 0 Å². The van der Waals surface area contributed by atoms with Crippen LogP contribution < -0.4 is 0 Å². The van der Waals surface area contributed by atoms with Gasteiger partial charge in [0.05, 0.1) is 18.2 Å². The lowest BCUT2D eigenvalue weighted by Crippen LogP contribution is -2.00. The normalized spacial score (nSPS) is 12.6. The van der Waals surface area contributed by atoms with Gasteiger partial charge in [0.25, 0.3) is 0 Å². The Labute approximate surface area is 136 Å². The number of hydrogen-bond donors (Lipinski definition) is 0. The fourth-order valence-electron chi connectivity index (χ4n) is 1.34. The number of phosphoric ester groups is 1. The topological polar surface area (TPSA) is 44.8 Å². The van der Waals surface area contributed by atoms with Crippen LogP contribution in [0.2, 0.25) is 10.0 Å². The highest BCUT2D eigenvalue weighted by molar-refractivity contribution is 9.11. The molecule has 0 aromatic heterocycles. The first kappa shape index (κ1) is 18.0. The predicted octanol–water partition coefficient (Wildman–Crippen LogP) is 5.88. The van der Waals surface area contributed by atoms with Gasteiger partial charge in [-0.3, -0.25) is 9.05 Å². The third-order valence-electron chi connectivity index (χ3n) is 2.08. The van der Waals surface area contributed by atoms with Gasteiger partial charge in [-0.1, -0.05) is 39.1 Å². The van der Waals surface area contributed by atoms with Crippen LogP contribution in [0.5, 0.6) is 0 Å². The Morgan fingerprint density at radius 2 is 1.90 bits per heavy atom. The highest BCUT2D eigenvalue weighted by Crippen LogP contribution is 2.53. The fraction of sp³-hybridized carbons (Fsp3) is 0.333. The third-order valence-corrected chi connectivity index (χ3v) is 4.61. The van der Waals surface area contributed by atoms with Crippen molar-refractivity contribution >= 4 is 52.7 Å². The van der Waals surface area contributed by atoms with Crippen LogP contribution in [0.25, 0.3) is 5.76 Å². The second-order valence-corrected chi connectivity index (χ2v) is 6.37. The van der Waals surface area contributed by atoms with E-state index in [1.54, 1.807) is 32.0 Å². The van der Waals surface area contributed by atoms with Gasteiger partial charge < -0.3 is 4.52 Å². The Morgan fingerprint density at radius 1 is 1.30 bits per heavy atom. The molecule has 0 atom stereocenters. The molecule has 0 aliphatic rings. The van der Waals surface area contributed by atoms with E-state index in [0.717, 1.165) is 0 Å². The summed E-state index contributed by atoms with van der Waals surface area (Å²) in [6.07, 6.45) is 0. The molecule has 0 bridgehead atoms. The van der Waals surface area contributed by atoms with Crippen molar-refractivity contribution in [1.29, 1.82) is 0 Å². The lowest BCUT2D eigenvalue weighted by atomic mass is 10.2. The van der Waals surface area contributed by atoms with Crippen LogP contribution >= 0.6 is 47.0 Å². The van der Waals surface area contributed by atoms with Gasteiger partial charge in [0, 0.05) is 15.6 Å². The average molecular weight is 404 g/mol. The van der Waals surface area contributed by atoms with Crippen molar-refractivity contribution in [2.45, 2.75) is 13.8 Å². The highest BCUT2D eigenvalue weighted by Gasteiger charge is 2.29. The van der Waals surface area contributed by atoms with Gasteiger partial charge in [-0.2, -0.15) is 0 Å². The Bertz CT molecular complexity index is 526. The first-order chi connectivity index (χ1) is 9.45. The molecule has 0 saturated heterocycles. The summed E-state index contributed by atoms with van der Waals surface area (Å²) < 4.78 is 27.8. The van der Waals surface area contributed by atoms with Gasteiger partial charge >= 0.3 is 7.82 Å². The van der Waals surface area contributed by atoms with E-state index in [1.807, 2.05) is 0 Å². The van der Waals surface area contributed by atoms with Crippen LogP contribution in [-0.2, 0) is 18.1 Å². The lowest BCUT2D eigenvalue weighted by Gasteiger charge is -2.19. The largest absolute Gasteiger partial charge is 0.530 e. The molecule has 0 saturated carbocycles. The molecule has 1 aromatic rings. The minimum Gasteiger partial charge on any atom is -0.403 e. The first-order valence-electron chi connectivity index (χ1n) is 5.80. The maximum atomic E-state index is 12.3. The lowest BCUT2D eigenvalue weighted by molar-refractivity contribution is 0.159. The van der Waals surface area contributed by atoms with E-state index in [0.29, 0.717) is 15.6 Å². The van der Waals surface area contributed by atoms with E-state index in [1.165, 1.54) is 4.99 Å². The minimum absolute atomic E-state index is 0.196. The van der Waals surface area contributed by atoms with Crippen LogP contribution in [-0.4, -0.2) is 13.2 Å². The summed E-state index contributed by atoms with van der Waals surface area (Å²) in [4.78, 5) is 1.45. The van der Waals surface area contributed by atoms with Gasteiger partial charge in [0.2, 0.25) is 0 Å². The molecule has 112 valence electrons. The molecule has 0 aliphatic carbocycles. The van der Waals surface area contributed by atoms with E-state index < -0.39 is 7.82 Å². The molecule has 4 nitrogen and oxygen atoms in total. The molecule has 1 rings (SSSR count). The summed E-state index contributed by atoms with van der Waals surface area (Å²) in [5.41, 5.74) is 0.521. The molecule has 0 fully saturated rings. The summed E-state index contributed by atoms with van der Waals surface area (Å²) in [6.45, 7) is 3.78. The van der Waals surface area contributed by atoms with Crippen LogP contribution in [0.4, 0.5) is 0 Å². The van der Waals surface area contributed by atoms with Crippen molar-refractivity contribution in [3.05, 3.63) is 38.8 Å². The predicted molar refractivity (Wildman–Crippen MR) is 85.3 cm³/mol. The standard InChI is InChI=1S/C12H14BrCl2O4P/c1-3-17-20(16,18-4-2)19-12(8-13)10-6-5-9(14)7-11(10)15/h5-8H,3-4H2,1-2H3/b12-8+. The van der Waals surface area contributed by atoms with Crippen molar-refractivity contribution < 1.29 is 18.1 Å². The van der Waals surface area contributed by atoms with Gasteiger partial charge in [0.1, 0.15) is 5.76 Å². The Hall–Kier alpha value is -0.0300. The Kier molecular flexibility index (Phi) is 7.59. The average Bonchev–Trinajstić information content (AvgIpc) is 2.37. The molecule has 0 aliphatic heterocycles. The molecule has 0 spiro atoms. The fourth-order valence-corrected chi connectivity index (χ4v) is 3.53. The van der Waals surface area contributed by atoms with Crippen molar-refractivity contribution in [2.75, 3.05) is 13.2 Å². The number of benzene rings is 1. The summed E-state index contributed by atoms with van der Waals surface area (Å²) in [5, 5.41) is 0.855. The van der Waals surface area contributed by atoms with Gasteiger partial charge in [-0.25, -0.2) is 4.57 Å². The smallest absolute Gasteiger partial charge is 0.403 e. The van der Waals surface area contributed by atoms with Crippen LogP contribution in [0.15, 0.2) is 23.2 Å². The van der Waals surface area contributed by atoms with E-state index in [-0.39, 0.29) is 19.0 Å². The molecule has 0 heterocycles. The summed E-state index contributed by atoms with van der Waals surface area (Å²) in [7, 11) is -3.68. The number of rotatable bonds is 7. The zero-order valence-corrected chi connectivity index (χ0v) is 14.9. The SMILES string of the molecule is CCOP(=O)(OCC)O/C(=C/Br)c1ccc(Cl)cc1Cl. The zero-order valence-electron chi connectivity index (χ0n) is 10.9. The molecule has 0 N–H and O–H groups in total. The van der Waals surface area contributed by atoms with Gasteiger partial charge in [-0.15, -0.1) is 0 Å². The second-order valence-electron chi connectivity index (χ2n) is 3.47. The van der Waals surface area contributed by atoms with Crippen LogP contribution in [0.3, 0.4) is 0 Å². The molecule has 0 radical (unpaired) electrons. The van der Waals surface area contributed by atoms with E-state index in [4.69, 9.17) is 36.8 Å². The molecule has 1 aromatic carbocycles. The number of hydrogen-bond acceptors (Lipinski definition) is 4. The molecular formula is C12H14BrCl2O4P. The van der Waals surface area contributed by atoms with Crippen molar-refractivity contribution in [3.63, 3.8) is 0 Å². The maximum absolute atomic E-state index is 12.3. The van der Waals surface area contributed by atoms with Crippen molar-refractivity contribution in [1.82, 2.24) is 0 Å². The highest BCUT2D eigenvalue weighted by atomic mass is 79.9. The monoisotopic (exact) mass is 402 g/mol. The zero-order chi connectivity index (χ0) is 15.2. The minimum atomic E-state index is -3.68. The Balaban J connectivity index is 3.05. The van der Waals surface area contributed by atoms with E-state index >= 15 is 0 Å². The molecule has 0 amide bonds. The third kappa shape index (κ3) is 5.06. The van der Waals surface area contributed by atoms with Crippen molar-refractivity contribution in [3.8, 4) is 0 Å². The second kappa shape index (κ2) is 8.42. The van der Waals surface area contributed by atoms with Crippen molar-refractivity contribution in [2.24, 2.45) is 0 Å². The summed E-state index contributed by atoms with van der Waals surface area (Å²) in [5.74, 6) is 0.233. The van der Waals surface area contributed by atoms with Crippen LogP contribution in [0.1, 0.15) is 19.4 Å². The quantitative estimate of drug-likeness (QED) is 0.421. The molecule has 8 heteroatoms. The molecule has 0 unspecified atom stereocenters. The number of halogens is 3. The summed E-state index contributed by atoms with van der Waals surface area (Å²) in [6, 6.07) is 4.86. The van der Waals surface area contributed by atoms with E-state index in [2.05, 4.69) is 15.9 Å². The maximum Gasteiger partial charge on any atom is 0.530 e. The van der Waals surface area contributed by atoms with Crippen LogP contribution in [0, 0.1) is 0 Å². The first-order valence-corrected chi connectivity index (χ1v) is 8.93. The number of phosphoric acid groups is 1. The molecular weight excluding hydrogens is 390 g/mol. The Morgan fingerprint density at radius 3 is 2.35 bits per heavy atom. The van der Waals surface area contributed by atoms with E-state index in [9.17, 15) is 4.57 Å². The molecule has 20 heavy (non-hydrogen) atoms.